The van der Waals surface area contributed by atoms with Gasteiger partial charge in [-0.3, -0.25) is 9.36 Å². The van der Waals surface area contributed by atoms with Crippen molar-refractivity contribution in [2.24, 2.45) is 5.92 Å². The lowest BCUT2D eigenvalue weighted by molar-refractivity contribution is 0.127. The van der Waals surface area contributed by atoms with Crippen LogP contribution in [0.4, 0.5) is 0 Å². The van der Waals surface area contributed by atoms with Gasteiger partial charge < -0.3 is 10.1 Å². The van der Waals surface area contributed by atoms with E-state index in [0.717, 1.165) is 4.57 Å². The van der Waals surface area contributed by atoms with Crippen molar-refractivity contribution in [1.29, 1.82) is 0 Å². The molecule has 102 valence electrons. The SMILES string of the molecule is CC(C)CC(O)Cn1c(=O)[nH]c2ccccc2c1=O. The summed E-state index contributed by atoms with van der Waals surface area (Å²) < 4.78 is 1.06. The number of para-hydroxylation sites is 1. The molecule has 2 N–H and O–H groups in total. The molecule has 0 spiro atoms. The summed E-state index contributed by atoms with van der Waals surface area (Å²) in [4.78, 5) is 26.7. The number of hydrogen-bond donors (Lipinski definition) is 2. The average Bonchev–Trinajstić information content (AvgIpc) is 2.33. The largest absolute Gasteiger partial charge is 0.391 e. The summed E-state index contributed by atoms with van der Waals surface area (Å²) in [6.07, 6.45) is -0.140. The lowest BCUT2D eigenvalue weighted by Gasteiger charge is -2.14. The summed E-state index contributed by atoms with van der Waals surface area (Å²) in [5.41, 5.74) is -0.319. The number of hydrogen-bond acceptors (Lipinski definition) is 3. The first-order valence-corrected chi connectivity index (χ1v) is 6.39. The minimum Gasteiger partial charge on any atom is -0.391 e. The number of fused-ring (bicyclic) bond motifs is 1. The molecule has 1 aromatic carbocycles. The molecule has 5 heteroatoms. The lowest BCUT2D eigenvalue weighted by Crippen LogP contribution is -2.38. The molecule has 2 rings (SSSR count). The number of aromatic amines is 1. The van der Waals surface area contributed by atoms with Crippen molar-refractivity contribution < 1.29 is 5.11 Å². The summed E-state index contributed by atoms with van der Waals surface area (Å²) in [7, 11) is 0. The van der Waals surface area contributed by atoms with Gasteiger partial charge in [0.15, 0.2) is 0 Å². The third-order valence-corrected chi connectivity index (χ3v) is 3.03. The highest BCUT2D eigenvalue weighted by Crippen LogP contribution is 2.06. The molecule has 1 heterocycles. The highest BCUT2D eigenvalue weighted by molar-refractivity contribution is 5.76. The summed E-state index contributed by atoms with van der Waals surface area (Å²) in [6.45, 7) is 3.99. The number of aliphatic hydroxyl groups is 1. The smallest absolute Gasteiger partial charge is 0.328 e. The van der Waals surface area contributed by atoms with Crippen molar-refractivity contribution in [3.05, 3.63) is 45.1 Å². The zero-order chi connectivity index (χ0) is 14.0. The van der Waals surface area contributed by atoms with Crippen molar-refractivity contribution in [3.63, 3.8) is 0 Å². The monoisotopic (exact) mass is 262 g/mol. The highest BCUT2D eigenvalue weighted by Gasteiger charge is 2.12. The third-order valence-electron chi connectivity index (χ3n) is 3.03. The van der Waals surface area contributed by atoms with Gasteiger partial charge in [0.05, 0.1) is 23.6 Å². The molecule has 1 unspecified atom stereocenters. The number of rotatable bonds is 4. The Morgan fingerprint density at radius 3 is 2.63 bits per heavy atom. The molecule has 0 saturated carbocycles. The van der Waals surface area contributed by atoms with E-state index in [2.05, 4.69) is 4.98 Å². The van der Waals surface area contributed by atoms with Crippen LogP contribution in [0, 0.1) is 5.92 Å². The minimum absolute atomic E-state index is 0.0250. The van der Waals surface area contributed by atoms with E-state index in [4.69, 9.17) is 0 Å². The molecule has 5 nitrogen and oxygen atoms in total. The van der Waals surface area contributed by atoms with Gasteiger partial charge in [-0.25, -0.2) is 4.79 Å². The van der Waals surface area contributed by atoms with E-state index in [1.165, 1.54) is 0 Å². The Morgan fingerprint density at radius 1 is 1.26 bits per heavy atom. The van der Waals surface area contributed by atoms with Crippen LogP contribution in [0.1, 0.15) is 20.3 Å². The molecule has 0 radical (unpaired) electrons. The van der Waals surface area contributed by atoms with Crippen LogP contribution in [-0.2, 0) is 6.54 Å². The van der Waals surface area contributed by atoms with Gasteiger partial charge >= 0.3 is 5.69 Å². The second kappa shape index (κ2) is 5.40. The lowest BCUT2D eigenvalue weighted by atomic mass is 10.1. The maximum atomic E-state index is 12.2. The molecule has 0 aliphatic heterocycles. The summed E-state index contributed by atoms with van der Waals surface area (Å²) in [5, 5.41) is 10.3. The quantitative estimate of drug-likeness (QED) is 0.866. The van der Waals surface area contributed by atoms with Gasteiger partial charge in [-0.15, -0.1) is 0 Å². The van der Waals surface area contributed by atoms with E-state index in [1.54, 1.807) is 24.3 Å². The van der Waals surface area contributed by atoms with Crippen molar-refractivity contribution in [3.8, 4) is 0 Å². The van der Waals surface area contributed by atoms with Crippen LogP contribution >= 0.6 is 0 Å². The molecular weight excluding hydrogens is 244 g/mol. The predicted octanol–water partition coefficient (Wildman–Crippen LogP) is 1.10. The van der Waals surface area contributed by atoms with Crippen LogP contribution < -0.4 is 11.2 Å². The van der Waals surface area contributed by atoms with Crippen molar-refractivity contribution in [1.82, 2.24) is 9.55 Å². The molecule has 0 aliphatic rings. The van der Waals surface area contributed by atoms with E-state index in [1.807, 2.05) is 13.8 Å². The number of benzene rings is 1. The van der Waals surface area contributed by atoms with E-state index in [9.17, 15) is 14.7 Å². The molecule has 2 aromatic rings. The Labute approximate surface area is 110 Å². The molecule has 19 heavy (non-hydrogen) atoms. The van der Waals surface area contributed by atoms with Crippen LogP contribution in [0.2, 0.25) is 0 Å². The fourth-order valence-corrected chi connectivity index (χ4v) is 2.19. The second-order valence-corrected chi connectivity index (χ2v) is 5.17. The van der Waals surface area contributed by atoms with Crippen molar-refractivity contribution in [2.75, 3.05) is 0 Å². The van der Waals surface area contributed by atoms with E-state index < -0.39 is 11.8 Å². The minimum atomic E-state index is -0.694. The first-order valence-electron chi connectivity index (χ1n) is 6.39. The fraction of sp³-hybridized carbons (Fsp3) is 0.429. The van der Waals surface area contributed by atoms with Crippen LogP contribution in [0.5, 0.6) is 0 Å². The fourth-order valence-electron chi connectivity index (χ4n) is 2.19. The van der Waals surface area contributed by atoms with Crippen LogP contribution in [0.25, 0.3) is 10.9 Å². The molecule has 0 saturated heterocycles. The number of H-pyrrole nitrogens is 1. The normalized spacial score (nSPS) is 13.1. The van der Waals surface area contributed by atoms with Crippen LogP contribution in [0.15, 0.2) is 33.9 Å². The van der Waals surface area contributed by atoms with E-state index in [0.29, 0.717) is 23.2 Å². The number of aliphatic hydroxyl groups excluding tert-OH is 1. The van der Waals surface area contributed by atoms with Gasteiger partial charge in [-0.1, -0.05) is 26.0 Å². The molecule has 1 aromatic heterocycles. The van der Waals surface area contributed by atoms with Gasteiger partial charge in [0.1, 0.15) is 0 Å². The molecular formula is C14H18N2O3. The Balaban J connectivity index is 2.44. The summed E-state index contributed by atoms with van der Waals surface area (Å²) in [5.74, 6) is 0.310. The first-order chi connectivity index (χ1) is 8.99. The third kappa shape index (κ3) is 2.93. The Kier molecular flexibility index (Phi) is 3.85. The molecule has 1 atom stereocenters. The maximum absolute atomic E-state index is 12.2. The van der Waals surface area contributed by atoms with Gasteiger partial charge in [0, 0.05) is 0 Å². The van der Waals surface area contributed by atoms with E-state index in [-0.39, 0.29) is 12.1 Å². The van der Waals surface area contributed by atoms with Gasteiger partial charge in [0.25, 0.3) is 5.56 Å². The standard InChI is InChI=1S/C14H18N2O3/c1-9(2)7-10(17)8-16-13(18)11-5-3-4-6-12(11)15-14(16)19/h3-6,9-10,17H,7-8H2,1-2H3,(H,15,19). The second-order valence-electron chi connectivity index (χ2n) is 5.17. The Hall–Kier alpha value is -1.88. The number of nitrogens with zero attached hydrogens (tertiary/aromatic N) is 1. The van der Waals surface area contributed by atoms with E-state index >= 15 is 0 Å². The average molecular weight is 262 g/mol. The van der Waals surface area contributed by atoms with Crippen molar-refractivity contribution in [2.45, 2.75) is 32.9 Å². The Morgan fingerprint density at radius 2 is 1.95 bits per heavy atom. The molecule has 0 aliphatic carbocycles. The molecule has 0 bridgehead atoms. The van der Waals surface area contributed by atoms with Crippen LogP contribution in [0.3, 0.4) is 0 Å². The molecule has 0 amide bonds. The predicted molar refractivity (Wildman–Crippen MR) is 74.3 cm³/mol. The van der Waals surface area contributed by atoms with Crippen molar-refractivity contribution >= 4 is 10.9 Å². The number of nitrogens with one attached hydrogen (secondary N) is 1. The highest BCUT2D eigenvalue weighted by atomic mass is 16.3. The van der Waals surface area contributed by atoms with Gasteiger partial charge in [-0.05, 0) is 24.5 Å². The van der Waals surface area contributed by atoms with Gasteiger partial charge in [0.2, 0.25) is 0 Å². The first kappa shape index (κ1) is 13.5. The zero-order valence-corrected chi connectivity index (χ0v) is 11.1. The number of aromatic nitrogens is 2. The molecule has 0 fully saturated rings. The Bertz CT molecular complexity index is 685. The van der Waals surface area contributed by atoms with Gasteiger partial charge in [-0.2, -0.15) is 0 Å². The maximum Gasteiger partial charge on any atom is 0.328 e. The summed E-state index contributed by atoms with van der Waals surface area (Å²) >= 11 is 0. The summed E-state index contributed by atoms with van der Waals surface area (Å²) in [6, 6.07) is 6.86. The topological polar surface area (TPSA) is 75.1 Å². The zero-order valence-electron chi connectivity index (χ0n) is 11.1. The van der Waals surface area contributed by atoms with Crippen LogP contribution in [-0.4, -0.2) is 20.8 Å².